The summed E-state index contributed by atoms with van der Waals surface area (Å²) in [6.45, 7) is 7.13. The molecule has 4 nitrogen and oxygen atoms in total. The average Bonchev–Trinajstić information content (AvgIpc) is 2.42. The lowest BCUT2D eigenvalue weighted by Gasteiger charge is -2.37. The fraction of sp³-hybridized carbons (Fsp3) is 0.700. The number of aryl methyl sites for hydroxylation is 1. The van der Waals surface area contributed by atoms with E-state index in [1.54, 1.807) is 24.7 Å². The molecule has 0 spiro atoms. The van der Waals surface area contributed by atoms with E-state index in [9.17, 15) is 5.11 Å². The molecule has 0 radical (unpaired) electrons. The van der Waals surface area contributed by atoms with E-state index in [1.807, 2.05) is 20.9 Å². The highest BCUT2D eigenvalue weighted by atomic mass is 35.5. The van der Waals surface area contributed by atoms with E-state index in [0.29, 0.717) is 12.5 Å². The van der Waals surface area contributed by atoms with Gasteiger partial charge in [0.1, 0.15) is 0 Å². The molecule has 1 N–H and O–H groups in total. The standard InChI is InChI=1S/C10H18BClN2O2/c1-9(2,15)10(3,4)16-11-8-7(12)6-13-14(8)5/h6,11,15H,1-5H3. The minimum Gasteiger partial charge on any atom is -0.425 e. The predicted molar refractivity (Wildman–Crippen MR) is 66.5 cm³/mol. The van der Waals surface area contributed by atoms with Crippen LogP contribution in [0.3, 0.4) is 0 Å². The van der Waals surface area contributed by atoms with Crippen molar-refractivity contribution in [3.63, 3.8) is 0 Å². The summed E-state index contributed by atoms with van der Waals surface area (Å²) >= 11 is 5.96. The average molecular weight is 245 g/mol. The van der Waals surface area contributed by atoms with E-state index in [0.717, 1.165) is 5.59 Å². The monoisotopic (exact) mass is 244 g/mol. The minimum absolute atomic E-state index is 0.326. The van der Waals surface area contributed by atoms with E-state index in [4.69, 9.17) is 16.3 Å². The maximum absolute atomic E-state index is 9.93. The van der Waals surface area contributed by atoms with Crippen molar-refractivity contribution in [1.82, 2.24) is 9.78 Å². The molecule has 0 unspecified atom stereocenters. The summed E-state index contributed by atoms with van der Waals surface area (Å²) in [5.41, 5.74) is -0.766. The lowest BCUT2D eigenvalue weighted by atomic mass is 9.85. The zero-order valence-electron chi connectivity index (χ0n) is 10.4. The Hall–Kier alpha value is -0.515. The van der Waals surface area contributed by atoms with E-state index in [-0.39, 0.29) is 0 Å². The van der Waals surface area contributed by atoms with Crippen molar-refractivity contribution in [2.45, 2.75) is 38.9 Å². The third-order valence-electron chi connectivity index (χ3n) is 3.05. The van der Waals surface area contributed by atoms with Gasteiger partial charge in [-0.25, -0.2) is 0 Å². The van der Waals surface area contributed by atoms with Crippen molar-refractivity contribution in [2.75, 3.05) is 0 Å². The molecule has 1 rings (SSSR count). The number of halogens is 1. The third-order valence-corrected chi connectivity index (χ3v) is 3.37. The van der Waals surface area contributed by atoms with Gasteiger partial charge in [-0.2, -0.15) is 5.10 Å². The molecule has 0 aromatic carbocycles. The second kappa shape index (κ2) is 4.39. The summed E-state index contributed by atoms with van der Waals surface area (Å²) < 4.78 is 7.37. The first-order chi connectivity index (χ1) is 7.15. The second-order valence-electron chi connectivity index (χ2n) is 4.92. The van der Waals surface area contributed by atoms with Crippen molar-refractivity contribution < 1.29 is 9.76 Å². The van der Waals surface area contributed by atoms with Gasteiger partial charge >= 0.3 is 7.48 Å². The Kier molecular flexibility index (Phi) is 3.72. The van der Waals surface area contributed by atoms with Gasteiger partial charge in [-0.15, -0.1) is 0 Å². The lowest BCUT2D eigenvalue weighted by Crippen LogP contribution is -2.49. The molecule has 0 atom stereocenters. The van der Waals surface area contributed by atoms with Gasteiger partial charge in [0.2, 0.25) is 0 Å². The van der Waals surface area contributed by atoms with Gasteiger partial charge in [0.25, 0.3) is 0 Å². The molecule has 0 aliphatic carbocycles. The van der Waals surface area contributed by atoms with Crippen LogP contribution in [0.25, 0.3) is 0 Å². The summed E-state index contributed by atoms with van der Waals surface area (Å²) in [6.07, 6.45) is 1.58. The summed E-state index contributed by atoms with van der Waals surface area (Å²) in [5.74, 6) is 0. The van der Waals surface area contributed by atoms with Gasteiger partial charge < -0.3 is 9.76 Å². The van der Waals surface area contributed by atoms with Gasteiger partial charge in [-0.1, -0.05) is 11.6 Å². The first-order valence-corrected chi connectivity index (χ1v) is 5.55. The maximum Gasteiger partial charge on any atom is 0.330 e. The summed E-state index contributed by atoms with van der Waals surface area (Å²) in [6, 6.07) is 0. The molecule has 0 bridgehead atoms. The molecule has 16 heavy (non-hydrogen) atoms. The zero-order valence-corrected chi connectivity index (χ0v) is 11.2. The highest BCUT2D eigenvalue weighted by Gasteiger charge is 2.36. The predicted octanol–water partition coefficient (Wildman–Crippen LogP) is 0.616. The van der Waals surface area contributed by atoms with Crippen LogP contribution < -0.4 is 5.59 Å². The quantitative estimate of drug-likeness (QED) is 0.790. The molecule has 1 aromatic heterocycles. The summed E-state index contributed by atoms with van der Waals surface area (Å²) in [7, 11) is 2.13. The van der Waals surface area contributed by atoms with E-state index >= 15 is 0 Å². The van der Waals surface area contributed by atoms with Gasteiger partial charge in [-0.3, -0.25) is 4.68 Å². The Morgan fingerprint density at radius 1 is 1.44 bits per heavy atom. The number of hydrogen-bond donors (Lipinski definition) is 1. The molecule has 1 aromatic rings. The Morgan fingerprint density at radius 2 is 2.00 bits per heavy atom. The topological polar surface area (TPSA) is 47.3 Å². The second-order valence-corrected chi connectivity index (χ2v) is 5.33. The number of aliphatic hydroxyl groups is 1. The van der Waals surface area contributed by atoms with Crippen LogP contribution in [-0.2, 0) is 11.7 Å². The molecular formula is C10H18BClN2O2. The van der Waals surface area contributed by atoms with Gasteiger partial charge in [0, 0.05) is 7.05 Å². The molecule has 0 saturated carbocycles. The zero-order chi connectivity index (χ0) is 12.6. The SMILES string of the molecule is Cn1ncc(Cl)c1BOC(C)(C)C(C)(C)O. The fourth-order valence-electron chi connectivity index (χ4n) is 1.02. The molecule has 0 amide bonds. The smallest absolute Gasteiger partial charge is 0.330 e. The third kappa shape index (κ3) is 2.78. The fourth-order valence-corrected chi connectivity index (χ4v) is 1.24. The van der Waals surface area contributed by atoms with Crippen molar-refractivity contribution in [1.29, 1.82) is 0 Å². The first-order valence-electron chi connectivity index (χ1n) is 5.18. The Labute approximate surface area is 102 Å². The van der Waals surface area contributed by atoms with Gasteiger partial charge in [-0.05, 0) is 27.7 Å². The molecule has 90 valence electrons. The number of aromatic nitrogens is 2. The van der Waals surface area contributed by atoms with Crippen molar-refractivity contribution in [3.8, 4) is 0 Å². The first kappa shape index (κ1) is 13.5. The Morgan fingerprint density at radius 3 is 2.38 bits per heavy atom. The van der Waals surface area contributed by atoms with Crippen LogP contribution >= 0.6 is 11.6 Å². The molecule has 0 saturated heterocycles. The minimum atomic E-state index is -0.919. The van der Waals surface area contributed by atoms with Crippen molar-refractivity contribution in [3.05, 3.63) is 11.2 Å². The lowest BCUT2D eigenvalue weighted by molar-refractivity contribution is -0.0894. The van der Waals surface area contributed by atoms with Crippen LogP contribution in [0.5, 0.6) is 0 Å². The molecule has 6 heteroatoms. The van der Waals surface area contributed by atoms with Crippen LogP contribution in [-0.4, -0.2) is 33.6 Å². The normalized spacial score (nSPS) is 12.9. The number of nitrogens with zero attached hydrogens (tertiary/aromatic N) is 2. The summed E-state index contributed by atoms with van der Waals surface area (Å²) in [5, 5.41) is 14.5. The molecular weight excluding hydrogens is 226 g/mol. The van der Waals surface area contributed by atoms with E-state index in [1.165, 1.54) is 0 Å². The summed E-state index contributed by atoms with van der Waals surface area (Å²) in [4.78, 5) is 0. The van der Waals surface area contributed by atoms with Crippen LogP contribution in [0.4, 0.5) is 0 Å². The molecule has 0 fully saturated rings. The van der Waals surface area contributed by atoms with Crippen LogP contribution in [0.15, 0.2) is 6.20 Å². The number of rotatable bonds is 4. The van der Waals surface area contributed by atoms with Gasteiger partial charge in [0.15, 0.2) is 0 Å². The van der Waals surface area contributed by atoms with Crippen LogP contribution in [0.1, 0.15) is 27.7 Å². The van der Waals surface area contributed by atoms with Crippen molar-refractivity contribution >= 4 is 24.7 Å². The van der Waals surface area contributed by atoms with Crippen LogP contribution in [0.2, 0.25) is 5.02 Å². The van der Waals surface area contributed by atoms with Gasteiger partial charge in [0.05, 0.1) is 28.0 Å². The largest absolute Gasteiger partial charge is 0.425 e. The van der Waals surface area contributed by atoms with Crippen LogP contribution in [0, 0.1) is 0 Å². The molecule has 1 heterocycles. The Balaban J connectivity index is 2.72. The number of hydrogen-bond acceptors (Lipinski definition) is 3. The Bertz CT molecular complexity index is 352. The highest BCUT2D eigenvalue weighted by molar-refractivity contribution is 6.52. The van der Waals surface area contributed by atoms with Crippen molar-refractivity contribution in [2.24, 2.45) is 7.05 Å². The molecule has 0 aliphatic rings. The van der Waals surface area contributed by atoms with E-state index in [2.05, 4.69) is 5.10 Å². The molecule has 0 aliphatic heterocycles. The van der Waals surface area contributed by atoms with E-state index < -0.39 is 11.2 Å². The maximum atomic E-state index is 9.93. The highest BCUT2D eigenvalue weighted by Crippen LogP contribution is 2.24.